The highest BCUT2D eigenvalue weighted by molar-refractivity contribution is 7.89. The third-order valence-corrected chi connectivity index (χ3v) is 7.47. The van der Waals surface area contributed by atoms with E-state index in [-0.39, 0.29) is 0 Å². The van der Waals surface area contributed by atoms with Crippen molar-refractivity contribution in [1.29, 1.82) is 0 Å². The van der Waals surface area contributed by atoms with Gasteiger partial charge in [-0.1, -0.05) is 42.5 Å². The molecule has 2 heterocycles. The van der Waals surface area contributed by atoms with E-state index in [2.05, 4.69) is 5.10 Å². The molecule has 29 heavy (non-hydrogen) atoms. The molecule has 0 N–H and O–H groups in total. The first-order valence-electron chi connectivity index (χ1n) is 9.75. The fourth-order valence-corrected chi connectivity index (χ4v) is 5.73. The van der Waals surface area contributed by atoms with E-state index >= 15 is 0 Å². The van der Waals surface area contributed by atoms with Crippen molar-refractivity contribution in [1.82, 2.24) is 14.1 Å². The molecule has 4 rings (SSSR count). The van der Waals surface area contributed by atoms with Crippen LogP contribution in [0.15, 0.2) is 67.0 Å². The van der Waals surface area contributed by atoms with Crippen molar-refractivity contribution >= 4 is 10.0 Å². The van der Waals surface area contributed by atoms with Crippen molar-refractivity contribution in [3.05, 3.63) is 83.7 Å². The van der Waals surface area contributed by atoms with E-state index in [0.717, 1.165) is 28.9 Å². The molecule has 2 aromatic carbocycles. The van der Waals surface area contributed by atoms with Gasteiger partial charge in [0, 0.05) is 31.9 Å². The van der Waals surface area contributed by atoms with Crippen molar-refractivity contribution in [2.75, 3.05) is 6.54 Å². The zero-order valence-electron chi connectivity index (χ0n) is 16.4. The highest BCUT2D eigenvalue weighted by Crippen LogP contribution is 2.35. The predicted molar refractivity (Wildman–Crippen MR) is 112 cm³/mol. The maximum atomic E-state index is 13.1. The van der Waals surface area contributed by atoms with E-state index in [9.17, 15) is 8.42 Å². The van der Waals surface area contributed by atoms with Gasteiger partial charge in [-0.3, -0.25) is 4.68 Å². The Kier molecular flexibility index (Phi) is 5.69. The molecule has 0 amide bonds. The lowest BCUT2D eigenvalue weighted by atomic mass is 10.1. The van der Waals surface area contributed by atoms with Gasteiger partial charge < -0.3 is 4.74 Å². The van der Waals surface area contributed by atoms with E-state index in [4.69, 9.17) is 4.74 Å². The topological polar surface area (TPSA) is 64.4 Å². The van der Waals surface area contributed by atoms with Gasteiger partial charge in [0.05, 0.1) is 6.20 Å². The zero-order valence-corrected chi connectivity index (χ0v) is 17.3. The standard InChI is InChI=1S/C22H25N3O3S/c1-24-15-19(14-23-24)17-28-21-11-9-18(10-12-21)16-25-13-5-8-22(29(25,26)27)20-6-3-2-4-7-20/h2-4,6-7,9-12,14-15,22H,5,8,13,16-17H2,1H3. The molecule has 1 aliphatic rings. The van der Waals surface area contributed by atoms with Gasteiger partial charge in [0.15, 0.2) is 0 Å². The van der Waals surface area contributed by atoms with Crippen molar-refractivity contribution in [2.45, 2.75) is 31.2 Å². The minimum Gasteiger partial charge on any atom is -0.489 e. The maximum Gasteiger partial charge on any atom is 0.221 e. The SMILES string of the molecule is Cn1cc(COc2ccc(CN3CCCC(c4ccccc4)S3(=O)=O)cc2)cn1. The summed E-state index contributed by atoms with van der Waals surface area (Å²) in [6.07, 6.45) is 5.23. The van der Waals surface area contributed by atoms with Gasteiger partial charge in [-0.25, -0.2) is 8.42 Å². The van der Waals surface area contributed by atoms with Gasteiger partial charge in [0.1, 0.15) is 17.6 Å². The van der Waals surface area contributed by atoms with E-state index in [1.165, 1.54) is 0 Å². The van der Waals surface area contributed by atoms with Gasteiger partial charge in [-0.2, -0.15) is 9.40 Å². The fourth-order valence-electron chi connectivity index (χ4n) is 3.69. The molecule has 1 atom stereocenters. The van der Waals surface area contributed by atoms with Gasteiger partial charge in [0.25, 0.3) is 0 Å². The average molecular weight is 412 g/mol. The molecule has 6 nitrogen and oxygen atoms in total. The summed E-state index contributed by atoms with van der Waals surface area (Å²) in [7, 11) is -1.51. The Labute approximate surface area is 171 Å². The van der Waals surface area contributed by atoms with Crippen LogP contribution in [0.1, 0.15) is 34.8 Å². The van der Waals surface area contributed by atoms with E-state index in [1.54, 1.807) is 15.2 Å². The zero-order chi connectivity index (χ0) is 20.3. The quantitative estimate of drug-likeness (QED) is 0.621. The molecule has 0 bridgehead atoms. The lowest BCUT2D eigenvalue weighted by Crippen LogP contribution is -2.39. The van der Waals surface area contributed by atoms with Crippen molar-refractivity contribution < 1.29 is 13.2 Å². The monoisotopic (exact) mass is 411 g/mol. The summed E-state index contributed by atoms with van der Waals surface area (Å²) in [5, 5.41) is 3.67. The van der Waals surface area contributed by atoms with Crippen molar-refractivity contribution in [3.63, 3.8) is 0 Å². The lowest BCUT2D eigenvalue weighted by molar-refractivity contribution is 0.306. The molecule has 1 aliphatic heterocycles. The minimum absolute atomic E-state index is 0.383. The number of benzene rings is 2. The molecule has 1 unspecified atom stereocenters. The Morgan fingerprint density at radius 1 is 1.07 bits per heavy atom. The highest BCUT2D eigenvalue weighted by Gasteiger charge is 2.36. The van der Waals surface area contributed by atoms with Crippen LogP contribution in [-0.4, -0.2) is 29.0 Å². The number of aryl methyl sites for hydroxylation is 1. The number of aromatic nitrogens is 2. The number of ether oxygens (including phenoxy) is 1. The maximum absolute atomic E-state index is 13.1. The van der Waals surface area contributed by atoms with Crippen molar-refractivity contribution in [2.24, 2.45) is 7.05 Å². The molecule has 3 aromatic rings. The van der Waals surface area contributed by atoms with Crippen LogP contribution in [0.4, 0.5) is 0 Å². The molecule has 0 aliphatic carbocycles. The Morgan fingerprint density at radius 2 is 1.83 bits per heavy atom. The van der Waals surface area contributed by atoms with Crippen LogP contribution in [0.5, 0.6) is 5.75 Å². The van der Waals surface area contributed by atoms with Crippen LogP contribution in [-0.2, 0) is 30.2 Å². The van der Waals surface area contributed by atoms with E-state index in [1.807, 2.05) is 67.8 Å². The number of sulfonamides is 1. The minimum atomic E-state index is -3.38. The summed E-state index contributed by atoms with van der Waals surface area (Å²) in [5.41, 5.74) is 2.83. The Bertz CT molecular complexity index is 1050. The average Bonchev–Trinajstić information content (AvgIpc) is 3.15. The third kappa shape index (κ3) is 4.52. The fraction of sp³-hybridized carbons (Fsp3) is 0.318. The van der Waals surface area contributed by atoms with Crippen LogP contribution in [0.25, 0.3) is 0 Å². The van der Waals surface area contributed by atoms with Crippen LogP contribution in [0, 0.1) is 0 Å². The number of nitrogens with zero attached hydrogens (tertiary/aromatic N) is 3. The predicted octanol–water partition coefficient (Wildman–Crippen LogP) is 3.67. The molecule has 0 saturated carbocycles. The molecule has 1 aromatic heterocycles. The summed E-state index contributed by atoms with van der Waals surface area (Å²) in [6, 6.07) is 17.1. The van der Waals surface area contributed by atoms with Crippen molar-refractivity contribution in [3.8, 4) is 5.75 Å². The second-order valence-corrected chi connectivity index (χ2v) is 9.49. The molecular formula is C22H25N3O3S. The van der Waals surface area contributed by atoms with Gasteiger partial charge >= 0.3 is 0 Å². The smallest absolute Gasteiger partial charge is 0.221 e. The summed E-state index contributed by atoms with van der Waals surface area (Å²) in [4.78, 5) is 0. The van der Waals surface area contributed by atoms with Gasteiger partial charge in [-0.05, 0) is 36.1 Å². The third-order valence-electron chi connectivity index (χ3n) is 5.21. The first kappa shape index (κ1) is 19.7. The summed E-state index contributed by atoms with van der Waals surface area (Å²) in [5.74, 6) is 0.751. The van der Waals surface area contributed by atoms with Gasteiger partial charge in [-0.15, -0.1) is 0 Å². The van der Waals surface area contributed by atoms with Crippen LogP contribution < -0.4 is 4.74 Å². The van der Waals surface area contributed by atoms with Crippen LogP contribution in [0.3, 0.4) is 0 Å². The second-order valence-electron chi connectivity index (χ2n) is 7.37. The normalized spacial score (nSPS) is 19.1. The van der Waals surface area contributed by atoms with E-state index in [0.29, 0.717) is 26.1 Å². The Hall–Kier alpha value is -2.64. The highest BCUT2D eigenvalue weighted by atomic mass is 32.2. The molecule has 1 saturated heterocycles. The number of rotatable bonds is 6. The van der Waals surface area contributed by atoms with E-state index < -0.39 is 15.3 Å². The second kappa shape index (κ2) is 8.39. The Morgan fingerprint density at radius 3 is 2.52 bits per heavy atom. The number of hydrogen-bond acceptors (Lipinski definition) is 4. The van der Waals surface area contributed by atoms with Gasteiger partial charge in [0.2, 0.25) is 10.0 Å². The molecule has 7 heteroatoms. The summed E-state index contributed by atoms with van der Waals surface area (Å²) < 4.78 is 35.4. The Balaban J connectivity index is 1.41. The molecule has 152 valence electrons. The first-order valence-corrected chi connectivity index (χ1v) is 11.3. The molecule has 1 fully saturated rings. The first-order chi connectivity index (χ1) is 14.0. The molecule has 0 spiro atoms. The largest absolute Gasteiger partial charge is 0.489 e. The molecular weight excluding hydrogens is 386 g/mol. The summed E-state index contributed by atoms with van der Waals surface area (Å²) >= 11 is 0. The molecule has 0 radical (unpaired) electrons. The number of hydrogen-bond donors (Lipinski definition) is 0. The lowest BCUT2D eigenvalue weighted by Gasteiger charge is -2.32. The van der Waals surface area contributed by atoms with Crippen LogP contribution >= 0.6 is 0 Å². The van der Waals surface area contributed by atoms with Crippen LogP contribution in [0.2, 0.25) is 0 Å². The summed E-state index contributed by atoms with van der Waals surface area (Å²) in [6.45, 7) is 1.39.